The van der Waals surface area contributed by atoms with Crippen LogP contribution < -0.4 is 23.7 Å². The van der Waals surface area contributed by atoms with Crippen molar-refractivity contribution in [3.05, 3.63) is 42.0 Å². The van der Waals surface area contributed by atoms with E-state index < -0.39 is 11.7 Å². The van der Waals surface area contributed by atoms with Gasteiger partial charge in [0.25, 0.3) is 0 Å². The molecule has 26 heavy (non-hydrogen) atoms. The van der Waals surface area contributed by atoms with E-state index in [1.54, 1.807) is 14.2 Å². The zero-order valence-corrected chi connectivity index (χ0v) is 15.1. The molecule has 0 amide bonds. The van der Waals surface area contributed by atoms with Crippen LogP contribution in [0.3, 0.4) is 0 Å². The van der Waals surface area contributed by atoms with Crippen LogP contribution in [0.2, 0.25) is 0 Å². The first-order valence-corrected chi connectivity index (χ1v) is 7.35. The Morgan fingerprint density at radius 3 is 1.15 bits per heavy atom. The third kappa shape index (κ3) is 5.65. The molecule has 0 aliphatic rings. The highest BCUT2D eigenvalue weighted by molar-refractivity contribution is 5.52. The van der Waals surface area contributed by atoms with Gasteiger partial charge in [-0.1, -0.05) is 0 Å². The van der Waals surface area contributed by atoms with Gasteiger partial charge in [-0.15, -0.1) is 0 Å². The molecule has 0 heterocycles. The lowest BCUT2D eigenvalue weighted by atomic mass is 10.1. The second kappa shape index (κ2) is 9.65. The number of hydrogen-bond acceptors (Lipinski definition) is 5. The van der Waals surface area contributed by atoms with Gasteiger partial charge in [-0.3, -0.25) is 0 Å². The van der Waals surface area contributed by atoms with Crippen LogP contribution in [0.4, 0.5) is 13.2 Å². The fraction of sp³-hybridized carbons (Fsp3) is 0.333. The molecule has 2 rings (SSSR count). The Balaban J connectivity index is 0.000000289. The van der Waals surface area contributed by atoms with E-state index in [0.29, 0.717) is 0 Å². The summed E-state index contributed by atoms with van der Waals surface area (Å²) < 4.78 is 62.3. The van der Waals surface area contributed by atoms with Crippen LogP contribution in [0.5, 0.6) is 28.7 Å². The van der Waals surface area contributed by atoms with Gasteiger partial charge in [-0.05, 0) is 24.3 Å². The van der Waals surface area contributed by atoms with E-state index >= 15 is 0 Å². The Morgan fingerprint density at radius 1 is 0.577 bits per heavy atom. The quantitative estimate of drug-likeness (QED) is 0.775. The van der Waals surface area contributed by atoms with Crippen molar-refractivity contribution < 1.29 is 36.9 Å². The Hall–Kier alpha value is -2.77. The van der Waals surface area contributed by atoms with Crippen molar-refractivity contribution in [2.24, 2.45) is 0 Å². The molecule has 0 radical (unpaired) electrons. The van der Waals surface area contributed by atoms with Crippen LogP contribution in [0.25, 0.3) is 0 Å². The maximum absolute atomic E-state index is 12.7. The fourth-order valence-corrected chi connectivity index (χ4v) is 2.00. The van der Waals surface area contributed by atoms with Gasteiger partial charge >= 0.3 is 6.18 Å². The summed E-state index contributed by atoms with van der Waals surface area (Å²) >= 11 is 0. The van der Waals surface area contributed by atoms with Gasteiger partial charge in [0.05, 0.1) is 35.5 Å². The summed E-state index contributed by atoms with van der Waals surface area (Å²) in [6.45, 7) is 0. The van der Waals surface area contributed by atoms with Crippen molar-refractivity contribution >= 4 is 0 Å². The predicted octanol–water partition coefficient (Wildman–Crippen LogP) is 4.44. The molecule has 0 saturated carbocycles. The Labute approximate surface area is 150 Å². The van der Waals surface area contributed by atoms with Crippen molar-refractivity contribution in [3.63, 3.8) is 0 Å². The third-order valence-electron chi connectivity index (χ3n) is 3.29. The lowest BCUT2D eigenvalue weighted by Gasteiger charge is -2.16. The molecule has 5 nitrogen and oxygen atoms in total. The van der Waals surface area contributed by atoms with E-state index in [4.69, 9.17) is 14.2 Å². The largest absolute Gasteiger partial charge is 0.497 e. The second-order valence-electron chi connectivity index (χ2n) is 4.78. The number of ether oxygens (including phenoxy) is 5. The number of hydrogen-bond donors (Lipinski definition) is 0. The first-order valence-electron chi connectivity index (χ1n) is 7.35. The molecule has 0 N–H and O–H groups in total. The van der Waals surface area contributed by atoms with Gasteiger partial charge < -0.3 is 23.7 Å². The monoisotopic (exact) mass is 374 g/mol. The molecule has 0 aliphatic heterocycles. The summed E-state index contributed by atoms with van der Waals surface area (Å²) in [5, 5.41) is 0. The van der Waals surface area contributed by atoms with Crippen LogP contribution in [0, 0.1) is 0 Å². The predicted molar refractivity (Wildman–Crippen MR) is 90.6 cm³/mol. The molecule has 2 aromatic rings. The van der Waals surface area contributed by atoms with Crippen molar-refractivity contribution in [2.75, 3.05) is 35.5 Å². The Kier molecular flexibility index (Phi) is 7.89. The van der Waals surface area contributed by atoms with Gasteiger partial charge in [0, 0.05) is 12.1 Å². The average molecular weight is 374 g/mol. The Morgan fingerprint density at radius 2 is 0.923 bits per heavy atom. The molecule has 144 valence electrons. The highest BCUT2D eigenvalue weighted by atomic mass is 19.4. The fourth-order valence-electron chi connectivity index (χ4n) is 2.00. The van der Waals surface area contributed by atoms with E-state index in [1.807, 2.05) is 24.3 Å². The standard InChI is InChI=1S/C10H11F3O3.C8H10O2/c1-14-6-4-7(15-2)9(10(11,12)13)8(5-6)16-3;1-9-7-3-5-8(10-2)6-4-7/h4-5H,1-3H3;3-6H,1-2H3. The molecular formula is C18H21F3O5. The average Bonchev–Trinajstić information content (AvgIpc) is 2.66. The van der Waals surface area contributed by atoms with E-state index in [9.17, 15) is 13.2 Å². The SMILES string of the molecule is COc1cc(OC)c(C(F)(F)F)c(OC)c1.COc1ccc(OC)cc1. The molecule has 0 atom stereocenters. The van der Waals surface area contributed by atoms with E-state index in [-0.39, 0.29) is 17.2 Å². The topological polar surface area (TPSA) is 46.2 Å². The van der Waals surface area contributed by atoms with Crippen LogP contribution in [0.15, 0.2) is 36.4 Å². The minimum absolute atomic E-state index is 0.238. The third-order valence-corrected chi connectivity index (χ3v) is 3.29. The number of halogens is 3. The lowest BCUT2D eigenvalue weighted by molar-refractivity contribution is -0.139. The second-order valence-corrected chi connectivity index (χ2v) is 4.78. The van der Waals surface area contributed by atoms with Crippen molar-refractivity contribution in [1.29, 1.82) is 0 Å². The maximum Gasteiger partial charge on any atom is 0.423 e. The van der Waals surface area contributed by atoms with E-state index in [1.165, 1.54) is 7.11 Å². The smallest absolute Gasteiger partial charge is 0.423 e. The maximum atomic E-state index is 12.7. The molecule has 0 unspecified atom stereocenters. The molecular weight excluding hydrogens is 353 g/mol. The van der Waals surface area contributed by atoms with Crippen molar-refractivity contribution in [2.45, 2.75) is 6.18 Å². The summed E-state index contributed by atoms with van der Waals surface area (Å²) in [4.78, 5) is 0. The number of rotatable bonds is 5. The first-order chi connectivity index (χ1) is 12.3. The van der Waals surface area contributed by atoms with Gasteiger partial charge in [0.1, 0.15) is 34.3 Å². The summed E-state index contributed by atoms with van der Waals surface area (Å²) in [5.74, 6) is 1.27. The van der Waals surface area contributed by atoms with E-state index in [2.05, 4.69) is 9.47 Å². The van der Waals surface area contributed by atoms with Crippen LogP contribution in [0.1, 0.15) is 5.56 Å². The minimum atomic E-state index is -4.54. The zero-order valence-electron chi connectivity index (χ0n) is 15.1. The molecule has 0 aliphatic carbocycles. The van der Waals surface area contributed by atoms with Crippen LogP contribution >= 0.6 is 0 Å². The Bertz CT molecular complexity index is 636. The number of benzene rings is 2. The van der Waals surface area contributed by atoms with Crippen molar-refractivity contribution in [3.8, 4) is 28.7 Å². The number of methoxy groups -OCH3 is 5. The molecule has 8 heteroatoms. The summed E-state index contributed by atoms with van der Waals surface area (Å²) in [5.41, 5.74) is -0.946. The lowest BCUT2D eigenvalue weighted by Crippen LogP contribution is -2.10. The van der Waals surface area contributed by atoms with Gasteiger partial charge in [-0.25, -0.2) is 0 Å². The zero-order chi connectivity index (χ0) is 19.7. The molecule has 0 saturated heterocycles. The summed E-state index contributed by atoms with van der Waals surface area (Å²) in [6.07, 6.45) is -4.54. The summed E-state index contributed by atoms with van der Waals surface area (Å²) in [6, 6.07) is 9.76. The van der Waals surface area contributed by atoms with Gasteiger partial charge in [0.15, 0.2) is 0 Å². The van der Waals surface area contributed by atoms with Gasteiger partial charge in [0.2, 0.25) is 0 Å². The molecule has 2 aromatic carbocycles. The highest BCUT2D eigenvalue weighted by Crippen LogP contribution is 2.44. The molecule has 0 fully saturated rings. The van der Waals surface area contributed by atoms with Gasteiger partial charge in [-0.2, -0.15) is 13.2 Å². The minimum Gasteiger partial charge on any atom is -0.497 e. The van der Waals surface area contributed by atoms with Crippen molar-refractivity contribution in [1.82, 2.24) is 0 Å². The van der Waals surface area contributed by atoms with Crippen LogP contribution in [-0.2, 0) is 6.18 Å². The number of alkyl halides is 3. The van der Waals surface area contributed by atoms with Crippen LogP contribution in [-0.4, -0.2) is 35.5 Å². The molecule has 0 bridgehead atoms. The molecule has 0 aromatic heterocycles. The normalized spacial score (nSPS) is 10.3. The molecule has 0 spiro atoms. The first kappa shape index (κ1) is 21.3. The summed E-state index contributed by atoms with van der Waals surface area (Å²) in [7, 11) is 6.94. The highest BCUT2D eigenvalue weighted by Gasteiger charge is 2.38. The van der Waals surface area contributed by atoms with E-state index in [0.717, 1.165) is 37.9 Å².